The number of aliphatic imine (C=N–C) groups is 1. The number of allylic oxidation sites excluding steroid dienone is 1. The zero-order valence-electron chi connectivity index (χ0n) is 15.8. The highest BCUT2D eigenvalue weighted by atomic mass is 16.3. The number of aliphatic hydroxyl groups excluding tert-OH is 1. The van der Waals surface area contributed by atoms with E-state index in [0.29, 0.717) is 23.8 Å². The molecule has 8 unspecified atom stereocenters. The number of hydrogen-bond donors (Lipinski definition) is 1. The van der Waals surface area contributed by atoms with Crippen molar-refractivity contribution in [1.82, 2.24) is 0 Å². The van der Waals surface area contributed by atoms with Crippen LogP contribution >= 0.6 is 0 Å². The predicted molar refractivity (Wildman–Crippen MR) is 97.7 cm³/mol. The Morgan fingerprint density at radius 3 is 2.35 bits per heavy atom. The molecule has 0 bridgehead atoms. The van der Waals surface area contributed by atoms with Gasteiger partial charge in [0.1, 0.15) is 0 Å². The van der Waals surface area contributed by atoms with E-state index in [1.54, 1.807) is 5.57 Å². The summed E-state index contributed by atoms with van der Waals surface area (Å²) in [6.45, 7) is 13.8. The third kappa shape index (κ3) is 2.62. The molecule has 0 spiro atoms. The van der Waals surface area contributed by atoms with Gasteiger partial charge in [0.25, 0.3) is 0 Å². The third-order valence-corrected chi connectivity index (χ3v) is 7.49. The molecule has 2 aliphatic carbocycles. The van der Waals surface area contributed by atoms with E-state index in [1.807, 2.05) is 0 Å². The first-order valence-electron chi connectivity index (χ1n) is 9.85. The largest absolute Gasteiger partial charge is 0.392 e. The fourth-order valence-corrected chi connectivity index (χ4v) is 5.73. The van der Waals surface area contributed by atoms with Crippen LogP contribution in [0.25, 0.3) is 0 Å². The second-order valence-electron chi connectivity index (χ2n) is 8.62. The minimum Gasteiger partial charge on any atom is -0.392 e. The van der Waals surface area contributed by atoms with E-state index in [4.69, 9.17) is 4.99 Å². The quantitative estimate of drug-likeness (QED) is 0.774. The minimum atomic E-state index is -0.250. The average molecular weight is 318 g/mol. The monoisotopic (exact) mass is 317 g/mol. The van der Waals surface area contributed by atoms with Gasteiger partial charge in [0.2, 0.25) is 0 Å². The molecule has 8 atom stereocenters. The molecule has 1 aliphatic heterocycles. The van der Waals surface area contributed by atoms with Crippen LogP contribution in [0.4, 0.5) is 0 Å². The van der Waals surface area contributed by atoms with Gasteiger partial charge in [-0.1, -0.05) is 53.0 Å². The van der Waals surface area contributed by atoms with Crippen LogP contribution in [0, 0.1) is 35.5 Å². The van der Waals surface area contributed by atoms with Gasteiger partial charge in [-0.15, -0.1) is 0 Å². The Hall–Kier alpha value is -0.630. The van der Waals surface area contributed by atoms with E-state index in [0.717, 1.165) is 11.8 Å². The summed E-state index contributed by atoms with van der Waals surface area (Å²) >= 11 is 0. The van der Waals surface area contributed by atoms with Gasteiger partial charge in [0.05, 0.1) is 12.1 Å². The molecular formula is C21H35NO. The van der Waals surface area contributed by atoms with Crippen molar-refractivity contribution >= 4 is 5.71 Å². The first-order chi connectivity index (χ1) is 10.9. The minimum absolute atomic E-state index is 0.183. The van der Waals surface area contributed by atoms with Crippen LogP contribution < -0.4 is 0 Å². The molecule has 0 radical (unpaired) electrons. The SMILES string of the molecule is CCC1C(C)=C2C(=NC1C1CCCC1C)C(C)C(O)C(C)C2C. The molecule has 0 aromatic carbocycles. The van der Waals surface area contributed by atoms with Crippen molar-refractivity contribution in [3.63, 3.8) is 0 Å². The van der Waals surface area contributed by atoms with Gasteiger partial charge in [-0.05, 0) is 49.0 Å². The molecule has 2 saturated carbocycles. The van der Waals surface area contributed by atoms with Gasteiger partial charge in [-0.2, -0.15) is 0 Å². The predicted octanol–water partition coefficient (Wildman–Crippen LogP) is 4.87. The molecule has 130 valence electrons. The van der Waals surface area contributed by atoms with Gasteiger partial charge in [0, 0.05) is 17.5 Å². The zero-order chi connectivity index (χ0) is 16.9. The summed E-state index contributed by atoms with van der Waals surface area (Å²) in [5.74, 6) is 3.08. The van der Waals surface area contributed by atoms with Crippen molar-refractivity contribution < 1.29 is 5.11 Å². The Morgan fingerprint density at radius 2 is 1.78 bits per heavy atom. The van der Waals surface area contributed by atoms with E-state index >= 15 is 0 Å². The summed E-state index contributed by atoms with van der Waals surface area (Å²) in [6, 6.07) is 0.450. The van der Waals surface area contributed by atoms with Crippen LogP contribution in [0.1, 0.15) is 67.2 Å². The highest BCUT2D eigenvalue weighted by Crippen LogP contribution is 2.47. The van der Waals surface area contributed by atoms with Crippen molar-refractivity contribution in [2.24, 2.45) is 40.5 Å². The molecule has 3 rings (SSSR count). The van der Waals surface area contributed by atoms with Crippen molar-refractivity contribution in [2.75, 3.05) is 0 Å². The van der Waals surface area contributed by atoms with Gasteiger partial charge in [0.15, 0.2) is 0 Å². The van der Waals surface area contributed by atoms with E-state index in [9.17, 15) is 5.11 Å². The summed E-state index contributed by atoms with van der Waals surface area (Å²) in [7, 11) is 0. The number of aliphatic hydroxyl groups is 1. The number of rotatable bonds is 2. The van der Waals surface area contributed by atoms with Crippen molar-refractivity contribution in [3.8, 4) is 0 Å². The van der Waals surface area contributed by atoms with Crippen molar-refractivity contribution in [2.45, 2.75) is 79.4 Å². The number of dihydropyridines is 1. The summed E-state index contributed by atoms with van der Waals surface area (Å²) in [5.41, 5.74) is 4.32. The summed E-state index contributed by atoms with van der Waals surface area (Å²) in [4.78, 5) is 5.35. The van der Waals surface area contributed by atoms with Crippen LogP contribution in [0.15, 0.2) is 16.1 Å². The number of hydrogen-bond acceptors (Lipinski definition) is 2. The highest BCUT2D eigenvalue weighted by molar-refractivity contribution is 6.04. The Bertz CT molecular complexity index is 520. The smallest absolute Gasteiger partial charge is 0.0652 e. The van der Waals surface area contributed by atoms with Crippen LogP contribution in [-0.2, 0) is 0 Å². The molecule has 0 saturated heterocycles. The summed E-state index contributed by atoms with van der Waals surface area (Å²) in [6.07, 6.45) is 5.01. The lowest BCUT2D eigenvalue weighted by Crippen LogP contribution is -2.47. The topological polar surface area (TPSA) is 32.6 Å². The Kier molecular flexibility index (Phi) is 4.75. The molecule has 0 aromatic rings. The molecule has 2 fully saturated rings. The maximum Gasteiger partial charge on any atom is 0.0652 e. The Balaban J connectivity index is 2.04. The fourth-order valence-electron chi connectivity index (χ4n) is 5.73. The summed E-state index contributed by atoms with van der Waals surface area (Å²) < 4.78 is 0. The van der Waals surface area contributed by atoms with E-state index < -0.39 is 0 Å². The van der Waals surface area contributed by atoms with E-state index in [2.05, 4.69) is 41.5 Å². The van der Waals surface area contributed by atoms with Gasteiger partial charge < -0.3 is 5.11 Å². The normalized spacial score (nSPS) is 47.5. The molecule has 2 nitrogen and oxygen atoms in total. The van der Waals surface area contributed by atoms with Gasteiger partial charge >= 0.3 is 0 Å². The van der Waals surface area contributed by atoms with Crippen LogP contribution in [-0.4, -0.2) is 23.0 Å². The summed E-state index contributed by atoms with van der Waals surface area (Å²) in [5, 5.41) is 10.7. The maximum absolute atomic E-state index is 10.7. The number of fused-ring (bicyclic) bond motifs is 1. The second-order valence-corrected chi connectivity index (χ2v) is 8.62. The van der Waals surface area contributed by atoms with Crippen LogP contribution in [0.5, 0.6) is 0 Å². The first kappa shape index (κ1) is 17.2. The Labute approximate surface area is 142 Å². The lowest BCUT2D eigenvalue weighted by Gasteiger charge is -2.46. The number of nitrogens with zero attached hydrogens (tertiary/aromatic N) is 1. The third-order valence-electron chi connectivity index (χ3n) is 7.49. The van der Waals surface area contributed by atoms with E-state index in [1.165, 1.54) is 37.0 Å². The first-order valence-corrected chi connectivity index (χ1v) is 9.85. The lowest BCUT2D eigenvalue weighted by molar-refractivity contribution is 0.0611. The molecule has 3 aliphatic rings. The molecule has 0 amide bonds. The van der Waals surface area contributed by atoms with Crippen molar-refractivity contribution in [1.29, 1.82) is 0 Å². The average Bonchev–Trinajstić information content (AvgIpc) is 2.95. The molecule has 1 N–H and O–H groups in total. The van der Waals surface area contributed by atoms with Crippen molar-refractivity contribution in [3.05, 3.63) is 11.1 Å². The standard InChI is InChI=1S/C21H35NO/c1-7-16-14(5)18-12(3)13(4)21(23)15(6)19(18)22-20(16)17-10-8-9-11(17)2/h11-13,15-17,20-21,23H,7-10H2,1-6H3. The highest BCUT2D eigenvalue weighted by Gasteiger charge is 2.45. The molecule has 1 heterocycles. The fraction of sp³-hybridized carbons (Fsp3) is 0.857. The van der Waals surface area contributed by atoms with Gasteiger partial charge in [-0.3, -0.25) is 4.99 Å². The Morgan fingerprint density at radius 1 is 1.09 bits per heavy atom. The molecule has 0 aromatic heterocycles. The zero-order valence-corrected chi connectivity index (χ0v) is 15.8. The van der Waals surface area contributed by atoms with Gasteiger partial charge in [-0.25, -0.2) is 0 Å². The van der Waals surface area contributed by atoms with Crippen LogP contribution in [0.2, 0.25) is 0 Å². The molecule has 23 heavy (non-hydrogen) atoms. The molecular weight excluding hydrogens is 282 g/mol. The van der Waals surface area contributed by atoms with Crippen LogP contribution in [0.3, 0.4) is 0 Å². The maximum atomic E-state index is 10.7. The van der Waals surface area contributed by atoms with E-state index in [-0.39, 0.29) is 12.0 Å². The lowest BCUT2D eigenvalue weighted by atomic mass is 9.64. The second kappa shape index (κ2) is 6.35. The molecule has 2 heteroatoms.